The van der Waals surface area contributed by atoms with Gasteiger partial charge in [0.2, 0.25) is 0 Å². The highest BCUT2D eigenvalue weighted by atomic mass is 16.5. The molecule has 2 unspecified atom stereocenters. The summed E-state index contributed by atoms with van der Waals surface area (Å²) in [6.45, 7) is 1.34. The van der Waals surface area contributed by atoms with Crippen molar-refractivity contribution in [2.24, 2.45) is 11.7 Å². The summed E-state index contributed by atoms with van der Waals surface area (Å²) in [6.07, 6.45) is 6.29. The van der Waals surface area contributed by atoms with Crippen molar-refractivity contribution in [3.05, 3.63) is 24.3 Å². The van der Waals surface area contributed by atoms with Gasteiger partial charge in [0.25, 0.3) is 0 Å². The predicted octanol–water partition coefficient (Wildman–Crippen LogP) is 3.30. The fourth-order valence-corrected chi connectivity index (χ4v) is 2.91. The zero-order valence-corrected chi connectivity index (χ0v) is 12.6. The summed E-state index contributed by atoms with van der Waals surface area (Å²) < 4.78 is 5.68. The predicted molar refractivity (Wildman–Crippen MR) is 85.2 cm³/mol. The highest BCUT2D eigenvalue weighted by Gasteiger charge is 2.23. The van der Waals surface area contributed by atoms with E-state index in [2.05, 4.69) is 17.5 Å². The zero-order valence-electron chi connectivity index (χ0n) is 12.6. The van der Waals surface area contributed by atoms with Gasteiger partial charge in [-0.25, -0.2) is 0 Å². The SMILES string of the molecule is N#CCCCOc1cccc(NC2CCCCC2CN)c1. The lowest BCUT2D eigenvalue weighted by Crippen LogP contribution is -2.36. The van der Waals surface area contributed by atoms with Crippen LogP contribution < -0.4 is 15.8 Å². The Hall–Kier alpha value is -1.73. The fraction of sp³-hybridized carbons (Fsp3) is 0.588. The molecule has 2 atom stereocenters. The smallest absolute Gasteiger partial charge is 0.121 e. The van der Waals surface area contributed by atoms with Gasteiger partial charge in [-0.2, -0.15) is 5.26 Å². The summed E-state index contributed by atoms with van der Waals surface area (Å²) in [6, 6.07) is 10.7. The maximum atomic E-state index is 8.51. The molecule has 0 spiro atoms. The van der Waals surface area contributed by atoms with Gasteiger partial charge in [-0.3, -0.25) is 0 Å². The van der Waals surface area contributed by atoms with Crippen LogP contribution in [0.25, 0.3) is 0 Å². The summed E-state index contributed by atoms with van der Waals surface area (Å²) in [7, 11) is 0. The van der Waals surface area contributed by atoms with Crippen LogP contribution in [0.3, 0.4) is 0 Å². The third-order valence-electron chi connectivity index (χ3n) is 4.10. The van der Waals surface area contributed by atoms with Gasteiger partial charge >= 0.3 is 0 Å². The van der Waals surface area contributed by atoms with Crippen molar-refractivity contribution >= 4 is 5.69 Å². The van der Waals surface area contributed by atoms with Gasteiger partial charge in [-0.1, -0.05) is 18.9 Å². The maximum absolute atomic E-state index is 8.51. The van der Waals surface area contributed by atoms with E-state index in [1.165, 1.54) is 25.7 Å². The minimum atomic E-state index is 0.470. The minimum absolute atomic E-state index is 0.470. The Morgan fingerprint density at radius 1 is 1.33 bits per heavy atom. The molecule has 3 N–H and O–H groups in total. The number of benzene rings is 1. The van der Waals surface area contributed by atoms with E-state index >= 15 is 0 Å². The number of unbranched alkanes of at least 4 members (excludes halogenated alkanes) is 1. The Morgan fingerprint density at radius 2 is 2.19 bits per heavy atom. The molecule has 1 aromatic carbocycles. The van der Waals surface area contributed by atoms with E-state index in [1.54, 1.807) is 0 Å². The maximum Gasteiger partial charge on any atom is 0.121 e. The van der Waals surface area contributed by atoms with Crippen molar-refractivity contribution in [3.8, 4) is 11.8 Å². The molecule has 4 nitrogen and oxygen atoms in total. The Kier molecular flexibility index (Phi) is 6.36. The molecule has 1 saturated carbocycles. The summed E-state index contributed by atoms with van der Waals surface area (Å²) in [5, 5.41) is 12.1. The molecular formula is C17H25N3O. The van der Waals surface area contributed by atoms with Gasteiger partial charge < -0.3 is 15.8 Å². The van der Waals surface area contributed by atoms with Crippen LogP contribution in [0.2, 0.25) is 0 Å². The number of rotatable bonds is 7. The van der Waals surface area contributed by atoms with Crippen LogP contribution in [0.5, 0.6) is 5.75 Å². The molecule has 0 bridgehead atoms. The minimum Gasteiger partial charge on any atom is -0.493 e. The number of nitrogens with one attached hydrogen (secondary N) is 1. The molecule has 0 saturated heterocycles. The Bertz CT molecular complexity index is 469. The van der Waals surface area contributed by atoms with Crippen LogP contribution in [0.15, 0.2) is 24.3 Å². The summed E-state index contributed by atoms with van der Waals surface area (Å²) in [5.41, 5.74) is 6.98. The van der Waals surface area contributed by atoms with Crippen molar-refractivity contribution in [2.75, 3.05) is 18.5 Å². The van der Waals surface area contributed by atoms with E-state index in [0.717, 1.165) is 24.4 Å². The summed E-state index contributed by atoms with van der Waals surface area (Å²) >= 11 is 0. The van der Waals surface area contributed by atoms with E-state index < -0.39 is 0 Å². The normalized spacial score (nSPS) is 21.5. The quantitative estimate of drug-likeness (QED) is 0.755. The van der Waals surface area contributed by atoms with Crippen LogP contribution in [0, 0.1) is 17.2 Å². The standard InChI is InChI=1S/C17H25N3O/c18-10-3-4-11-21-16-8-5-7-15(12-16)20-17-9-2-1-6-14(17)13-19/h5,7-8,12,14,17,20H,1-4,6,9,11,13,19H2. The van der Waals surface area contributed by atoms with Crippen LogP contribution in [0.1, 0.15) is 38.5 Å². The first-order valence-electron chi connectivity index (χ1n) is 7.90. The summed E-state index contributed by atoms with van der Waals surface area (Å²) in [5.74, 6) is 1.43. The molecule has 0 radical (unpaired) electrons. The highest BCUT2D eigenvalue weighted by Crippen LogP contribution is 2.27. The highest BCUT2D eigenvalue weighted by molar-refractivity contribution is 5.49. The third kappa shape index (κ3) is 4.95. The molecule has 0 amide bonds. The number of ether oxygens (including phenoxy) is 1. The molecule has 1 aliphatic carbocycles. The van der Waals surface area contributed by atoms with E-state index in [-0.39, 0.29) is 0 Å². The molecule has 0 aromatic heterocycles. The van der Waals surface area contributed by atoms with Gasteiger partial charge in [-0.15, -0.1) is 0 Å². The topological polar surface area (TPSA) is 71.1 Å². The van der Waals surface area contributed by atoms with Crippen molar-refractivity contribution < 1.29 is 4.74 Å². The van der Waals surface area contributed by atoms with Gasteiger partial charge in [0.05, 0.1) is 12.7 Å². The fourth-order valence-electron chi connectivity index (χ4n) is 2.91. The first-order valence-corrected chi connectivity index (χ1v) is 7.90. The second-order valence-corrected chi connectivity index (χ2v) is 5.67. The average Bonchev–Trinajstić information content (AvgIpc) is 2.52. The number of anilines is 1. The molecule has 114 valence electrons. The first-order chi connectivity index (χ1) is 10.3. The van der Waals surface area contributed by atoms with E-state index in [0.29, 0.717) is 25.0 Å². The molecule has 21 heavy (non-hydrogen) atoms. The zero-order chi connectivity index (χ0) is 14.9. The van der Waals surface area contributed by atoms with Gasteiger partial charge in [-0.05, 0) is 43.9 Å². The van der Waals surface area contributed by atoms with Crippen molar-refractivity contribution in [1.29, 1.82) is 5.26 Å². The average molecular weight is 287 g/mol. The van der Waals surface area contributed by atoms with E-state index in [1.807, 2.05) is 18.2 Å². The molecule has 1 fully saturated rings. The molecule has 1 aliphatic rings. The number of nitrogens with two attached hydrogens (primary N) is 1. The lowest BCUT2D eigenvalue weighted by atomic mass is 9.84. The van der Waals surface area contributed by atoms with Gasteiger partial charge in [0.1, 0.15) is 5.75 Å². The Balaban J connectivity index is 1.89. The lowest BCUT2D eigenvalue weighted by Gasteiger charge is -2.32. The third-order valence-corrected chi connectivity index (χ3v) is 4.10. The van der Waals surface area contributed by atoms with Crippen LogP contribution in [-0.2, 0) is 0 Å². The van der Waals surface area contributed by atoms with E-state index in [9.17, 15) is 0 Å². The first kappa shape index (κ1) is 15.7. The summed E-state index contributed by atoms with van der Waals surface area (Å²) in [4.78, 5) is 0. The number of hydrogen-bond acceptors (Lipinski definition) is 4. The second kappa shape index (κ2) is 8.53. The largest absolute Gasteiger partial charge is 0.493 e. The number of nitriles is 1. The molecule has 1 aromatic rings. The van der Waals surface area contributed by atoms with Crippen molar-refractivity contribution in [3.63, 3.8) is 0 Å². The monoisotopic (exact) mass is 287 g/mol. The Morgan fingerprint density at radius 3 is 3.00 bits per heavy atom. The lowest BCUT2D eigenvalue weighted by molar-refractivity contribution is 0.312. The number of nitrogens with zero attached hydrogens (tertiary/aromatic N) is 1. The molecule has 0 aliphatic heterocycles. The molecule has 2 rings (SSSR count). The number of hydrogen-bond donors (Lipinski definition) is 2. The molecular weight excluding hydrogens is 262 g/mol. The van der Waals surface area contributed by atoms with Crippen molar-refractivity contribution in [2.45, 2.75) is 44.6 Å². The molecule has 4 heteroatoms. The Labute approximate surface area is 127 Å². The van der Waals surface area contributed by atoms with Gasteiger partial charge in [0, 0.05) is 24.2 Å². The van der Waals surface area contributed by atoms with Crippen LogP contribution in [-0.4, -0.2) is 19.2 Å². The van der Waals surface area contributed by atoms with Crippen LogP contribution in [0.4, 0.5) is 5.69 Å². The second-order valence-electron chi connectivity index (χ2n) is 5.67. The van der Waals surface area contributed by atoms with Crippen molar-refractivity contribution in [1.82, 2.24) is 0 Å². The van der Waals surface area contributed by atoms with Gasteiger partial charge in [0.15, 0.2) is 0 Å². The van der Waals surface area contributed by atoms with E-state index in [4.69, 9.17) is 15.7 Å². The molecule has 0 heterocycles. The van der Waals surface area contributed by atoms with Crippen LogP contribution >= 0.6 is 0 Å².